The number of nitrogens with zero attached hydrogens (tertiary/aromatic N) is 2. The van der Waals surface area contributed by atoms with Gasteiger partial charge in [-0.2, -0.15) is 0 Å². The highest BCUT2D eigenvalue weighted by Crippen LogP contribution is 2.18. The lowest BCUT2D eigenvalue weighted by atomic mass is 10.1. The SMILES string of the molecule is CN=C(NCc1ccc(COC2CCOCC2)cc1)NC1CN(C(C)C)CC1C.I. The molecule has 0 amide bonds. The first-order valence-corrected chi connectivity index (χ1v) is 11.0. The summed E-state index contributed by atoms with van der Waals surface area (Å²) in [5.74, 6) is 1.49. The third-order valence-electron chi connectivity index (χ3n) is 6.05. The van der Waals surface area contributed by atoms with Crippen LogP contribution in [0.5, 0.6) is 0 Å². The molecule has 0 radical (unpaired) electrons. The molecule has 0 bridgehead atoms. The molecule has 2 atom stereocenters. The van der Waals surface area contributed by atoms with Crippen molar-refractivity contribution in [1.29, 1.82) is 0 Å². The molecule has 2 saturated heterocycles. The van der Waals surface area contributed by atoms with Gasteiger partial charge in [-0.1, -0.05) is 31.2 Å². The molecule has 7 heteroatoms. The van der Waals surface area contributed by atoms with Crippen molar-refractivity contribution < 1.29 is 9.47 Å². The van der Waals surface area contributed by atoms with Crippen molar-refractivity contribution in [2.24, 2.45) is 10.9 Å². The van der Waals surface area contributed by atoms with Gasteiger partial charge in [-0.3, -0.25) is 9.89 Å². The largest absolute Gasteiger partial charge is 0.381 e. The van der Waals surface area contributed by atoms with Gasteiger partial charge in [0.2, 0.25) is 0 Å². The molecule has 2 unspecified atom stereocenters. The molecule has 2 N–H and O–H groups in total. The first-order valence-electron chi connectivity index (χ1n) is 11.0. The van der Waals surface area contributed by atoms with Crippen LogP contribution < -0.4 is 10.6 Å². The number of benzene rings is 1. The smallest absolute Gasteiger partial charge is 0.191 e. The van der Waals surface area contributed by atoms with Crippen LogP contribution in [0.25, 0.3) is 0 Å². The molecule has 30 heavy (non-hydrogen) atoms. The van der Waals surface area contributed by atoms with Crippen molar-refractivity contribution in [2.45, 2.75) is 65.0 Å². The maximum Gasteiger partial charge on any atom is 0.191 e. The zero-order chi connectivity index (χ0) is 20.6. The number of likely N-dealkylation sites (tertiary alicyclic amines) is 1. The molecule has 0 aromatic heterocycles. The minimum atomic E-state index is 0. The molecule has 3 rings (SSSR count). The highest BCUT2D eigenvalue weighted by Gasteiger charge is 2.31. The number of aliphatic imine (C=N–C) groups is 1. The van der Waals surface area contributed by atoms with Crippen LogP contribution in [0.3, 0.4) is 0 Å². The fraction of sp³-hybridized carbons (Fsp3) is 0.696. The second-order valence-corrected chi connectivity index (χ2v) is 8.64. The number of nitrogens with one attached hydrogen (secondary N) is 2. The molecule has 1 aromatic carbocycles. The number of guanidine groups is 1. The van der Waals surface area contributed by atoms with Gasteiger partial charge in [0.15, 0.2) is 5.96 Å². The lowest BCUT2D eigenvalue weighted by Gasteiger charge is -2.22. The number of hydrogen-bond donors (Lipinski definition) is 2. The van der Waals surface area contributed by atoms with E-state index in [0.717, 1.165) is 51.6 Å². The zero-order valence-electron chi connectivity index (χ0n) is 18.9. The van der Waals surface area contributed by atoms with Gasteiger partial charge >= 0.3 is 0 Å². The third kappa shape index (κ3) is 7.66. The summed E-state index contributed by atoms with van der Waals surface area (Å²) < 4.78 is 11.4. The Hall–Kier alpha value is -0.900. The molecule has 170 valence electrons. The lowest BCUT2D eigenvalue weighted by Crippen LogP contribution is -2.46. The Balaban J connectivity index is 0.00000320. The van der Waals surface area contributed by atoms with E-state index < -0.39 is 0 Å². The van der Waals surface area contributed by atoms with Crippen molar-refractivity contribution in [1.82, 2.24) is 15.5 Å². The van der Waals surface area contributed by atoms with Crippen LogP contribution in [0.15, 0.2) is 29.3 Å². The van der Waals surface area contributed by atoms with E-state index in [1.54, 1.807) is 0 Å². The Morgan fingerprint density at radius 3 is 2.43 bits per heavy atom. The second-order valence-electron chi connectivity index (χ2n) is 8.64. The standard InChI is InChI=1S/C23H38N4O2.HI/c1-17(2)27-14-18(3)22(15-27)26-23(24-4)25-13-19-5-7-20(8-6-19)16-29-21-9-11-28-12-10-21;/h5-8,17-18,21-22H,9-16H2,1-4H3,(H2,24,25,26);1H. The van der Waals surface area contributed by atoms with Crippen LogP contribution in [-0.2, 0) is 22.6 Å². The van der Waals surface area contributed by atoms with E-state index in [9.17, 15) is 0 Å². The van der Waals surface area contributed by atoms with E-state index in [0.29, 0.717) is 30.7 Å². The summed E-state index contributed by atoms with van der Waals surface area (Å²) in [4.78, 5) is 6.94. The van der Waals surface area contributed by atoms with Gasteiger partial charge in [0.05, 0.1) is 12.7 Å². The molecule has 0 aliphatic carbocycles. The number of hydrogen-bond acceptors (Lipinski definition) is 4. The van der Waals surface area contributed by atoms with Crippen LogP contribution in [0.2, 0.25) is 0 Å². The van der Waals surface area contributed by atoms with E-state index in [1.165, 1.54) is 11.1 Å². The summed E-state index contributed by atoms with van der Waals surface area (Å²) in [5.41, 5.74) is 2.46. The van der Waals surface area contributed by atoms with E-state index in [1.807, 2.05) is 7.05 Å². The van der Waals surface area contributed by atoms with E-state index >= 15 is 0 Å². The minimum absolute atomic E-state index is 0. The minimum Gasteiger partial charge on any atom is -0.381 e. The van der Waals surface area contributed by atoms with E-state index in [-0.39, 0.29) is 24.0 Å². The molecule has 2 aliphatic heterocycles. The topological polar surface area (TPSA) is 58.1 Å². The Kier molecular flexibility index (Phi) is 10.8. The average Bonchev–Trinajstić information content (AvgIpc) is 3.11. The van der Waals surface area contributed by atoms with Crippen molar-refractivity contribution in [3.05, 3.63) is 35.4 Å². The molecule has 6 nitrogen and oxygen atoms in total. The van der Waals surface area contributed by atoms with Crippen molar-refractivity contribution >= 4 is 29.9 Å². The summed E-state index contributed by atoms with van der Waals surface area (Å²) in [5, 5.41) is 7.06. The fourth-order valence-electron chi connectivity index (χ4n) is 3.98. The molecular weight excluding hydrogens is 491 g/mol. The molecule has 1 aromatic rings. The van der Waals surface area contributed by atoms with Crippen molar-refractivity contribution in [3.63, 3.8) is 0 Å². The average molecular weight is 530 g/mol. The summed E-state index contributed by atoms with van der Waals surface area (Å²) in [6, 6.07) is 9.68. The van der Waals surface area contributed by atoms with Crippen LogP contribution in [0, 0.1) is 5.92 Å². The van der Waals surface area contributed by atoms with Gasteiger partial charge in [0.25, 0.3) is 0 Å². The zero-order valence-corrected chi connectivity index (χ0v) is 21.2. The Labute approximate surface area is 199 Å². The van der Waals surface area contributed by atoms with Crippen molar-refractivity contribution in [3.8, 4) is 0 Å². The van der Waals surface area contributed by atoms with Gasteiger partial charge in [-0.25, -0.2) is 0 Å². The Bertz CT molecular complexity index is 647. The summed E-state index contributed by atoms with van der Waals surface area (Å²) in [6.45, 7) is 12.1. The summed E-state index contributed by atoms with van der Waals surface area (Å²) in [7, 11) is 1.84. The second kappa shape index (κ2) is 12.8. The predicted octanol–water partition coefficient (Wildman–Crippen LogP) is 3.39. The van der Waals surface area contributed by atoms with Gasteiger partial charge in [-0.15, -0.1) is 24.0 Å². The maximum absolute atomic E-state index is 6.01. The molecule has 2 heterocycles. The van der Waals surface area contributed by atoms with Crippen LogP contribution in [0.4, 0.5) is 0 Å². The lowest BCUT2D eigenvalue weighted by molar-refractivity contribution is -0.0390. The molecule has 2 fully saturated rings. The summed E-state index contributed by atoms with van der Waals surface area (Å²) >= 11 is 0. The van der Waals surface area contributed by atoms with Gasteiger partial charge in [-0.05, 0) is 43.7 Å². The normalized spacial score (nSPS) is 23.4. The number of halogens is 1. The van der Waals surface area contributed by atoms with Crippen LogP contribution in [0.1, 0.15) is 44.7 Å². The van der Waals surface area contributed by atoms with Gasteiger partial charge < -0.3 is 20.1 Å². The van der Waals surface area contributed by atoms with Crippen molar-refractivity contribution in [2.75, 3.05) is 33.4 Å². The van der Waals surface area contributed by atoms with E-state index in [2.05, 4.69) is 65.6 Å². The Morgan fingerprint density at radius 2 is 1.83 bits per heavy atom. The fourth-order valence-corrected chi connectivity index (χ4v) is 3.98. The van der Waals surface area contributed by atoms with Crippen LogP contribution in [-0.4, -0.2) is 62.4 Å². The predicted molar refractivity (Wildman–Crippen MR) is 133 cm³/mol. The number of rotatable bonds is 7. The van der Waals surface area contributed by atoms with Gasteiger partial charge in [0.1, 0.15) is 0 Å². The van der Waals surface area contributed by atoms with Crippen LogP contribution >= 0.6 is 24.0 Å². The monoisotopic (exact) mass is 530 g/mol. The molecule has 0 saturated carbocycles. The molecule has 0 spiro atoms. The molecular formula is C23H39IN4O2. The van der Waals surface area contributed by atoms with E-state index in [4.69, 9.17) is 9.47 Å². The highest BCUT2D eigenvalue weighted by molar-refractivity contribution is 14.0. The summed E-state index contributed by atoms with van der Waals surface area (Å²) in [6.07, 6.45) is 2.34. The third-order valence-corrected chi connectivity index (χ3v) is 6.05. The Morgan fingerprint density at radius 1 is 1.17 bits per heavy atom. The first kappa shape index (κ1) is 25.4. The quantitative estimate of drug-likeness (QED) is 0.322. The number of ether oxygens (including phenoxy) is 2. The highest BCUT2D eigenvalue weighted by atomic mass is 127. The first-order chi connectivity index (χ1) is 14.0. The molecule has 2 aliphatic rings. The van der Waals surface area contributed by atoms with Gasteiger partial charge in [0, 0.05) is 52.0 Å². The maximum atomic E-state index is 6.01.